The van der Waals surface area contributed by atoms with Crippen LogP contribution < -0.4 is 11.3 Å². The summed E-state index contributed by atoms with van der Waals surface area (Å²) in [7, 11) is 0. The van der Waals surface area contributed by atoms with Crippen molar-refractivity contribution < 1.29 is 4.74 Å². The first-order chi connectivity index (χ1) is 9.08. The van der Waals surface area contributed by atoms with Crippen molar-refractivity contribution in [2.45, 2.75) is 52.7 Å². The van der Waals surface area contributed by atoms with E-state index in [0.29, 0.717) is 24.4 Å². The number of hydrogen-bond donors (Lipinski definition) is 2. The Hall–Kier alpha value is -1.20. The van der Waals surface area contributed by atoms with Crippen molar-refractivity contribution in [1.29, 1.82) is 0 Å². The summed E-state index contributed by atoms with van der Waals surface area (Å²) in [5.74, 6) is 8.25. The average Bonchev–Trinajstić information content (AvgIpc) is 2.39. The number of aryl methyl sites for hydroxylation is 1. The molecule has 0 aromatic carbocycles. The van der Waals surface area contributed by atoms with E-state index in [1.54, 1.807) is 0 Å². The Morgan fingerprint density at radius 1 is 1.32 bits per heavy atom. The van der Waals surface area contributed by atoms with Gasteiger partial charge in [-0.15, -0.1) is 0 Å². The summed E-state index contributed by atoms with van der Waals surface area (Å²) in [6.45, 7) is 7.02. The van der Waals surface area contributed by atoms with Crippen LogP contribution in [0.4, 0.5) is 5.82 Å². The lowest BCUT2D eigenvalue weighted by Gasteiger charge is -2.31. The molecule has 0 bridgehead atoms. The Kier molecular flexibility index (Phi) is 4.71. The fraction of sp³-hybridized carbons (Fsp3) is 0.714. The summed E-state index contributed by atoms with van der Waals surface area (Å²) in [6, 6.07) is 1.81. The first kappa shape index (κ1) is 14.2. The van der Waals surface area contributed by atoms with E-state index in [1.165, 1.54) is 6.42 Å². The van der Waals surface area contributed by atoms with Crippen LogP contribution in [-0.2, 0) is 11.3 Å². The highest BCUT2D eigenvalue weighted by Gasteiger charge is 2.25. The maximum atomic E-state index is 5.95. The number of nitrogen functional groups attached to an aromatic ring is 1. The van der Waals surface area contributed by atoms with E-state index >= 15 is 0 Å². The van der Waals surface area contributed by atoms with Crippen molar-refractivity contribution in [3.63, 3.8) is 0 Å². The van der Waals surface area contributed by atoms with Gasteiger partial charge in [0.1, 0.15) is 12.4 Å². The molecule has 3 N–H and O–H groups in total. The average molecular weight is 264 g/mol. The van der Waals surface area contributed by atoms with Crippen LogP contribution in [-0.4, -0.2) is 16.1 Å². The zero-order valence-electron chi connectivity index (χ0n) is 12.0. The van der Waals surface area contributed by atoms with Gasteiger partial charge in [-0.05, 0) is 38.0 Å². The van der Waals surface area contributed by atoms with Crippen LogP contribution in [0, 0.1) is 18.8 Å². The Bertz CT molecular complexity index is 424. The minimum atomic E-state index is 0.338. The van der Waals surface area contributed by atoms with E-state index < -0.39 is 0 Å². The molecule has 1 fully saturated rings. The third kappa shape index (κ3) is 3.88. The number of nitrogens with two attached hydrogens (primary N) is 1. The second kappa shape index (κ2) is 6.30. The van der Waals surface area contributed by atoms with Gasteiger partial charge in [-0.2, -0.15) is 0 Å². The molecule has 1 aromatic heterocycles. The molecule has 1 saturated carbocycles. The molecule has 1 heterocycles. The van der Waals surface area contributed by atoms with Crippen LogP contribution in [0.1, 0.15) is 44.6 Å². The predicted octanol–water partition coefficient (Wildman–Crippen LogP) is 2.41. The molecule has 19 heavy (non-hydrogen) atoms. The van der Waals surface area contributed by atoms with Crippen molar-refractivity contribution >= 4 is 5.82 Å². The van der Waals surface area contributed by atoms with Crippen LogP contribution in [0.25, 0.3) is 0 Å². The zero-order chi connectivity index (χ0) is 13.8. The van der Waals surface area contributed by atoms with Gasteiger partial charge >= 0.3 is 0 Å². The fourth-order valence-electron chi connectivity index (χ4n) is 2.61. The third-order valence-electron chi connectivity index (χ3n) is 4.05. The molecule has 1 aliphatic carbocycles. The second-order valence-corrected chi connectivity index (χ2v) is 5.66. The SMILES string of the molecule is Cc1cc(NN)nc(COC2CCC(C)C(C)C2)n1. The molecule has 3 unspecified atom stereocenters. The monoisotopic (exact) mass is 264 g/mol. The van der Waals surface area contributed by atoms with Crippen molar-refractivity contribution in [3.8, 4) is 0 Å². The molecule has 5 heteroatoms. The molecule has 0 aliphatic heterocycles. The van der Waals surface area contributed by atoms with E-state index in [0.717, 1.165) is 30.4 Å². The van der Waals surface area contributed by atoms with Gasteiger partial charge in [-0.25, -0.2) is 15.8 Å². The minimum absolute atomic E-state index is 0.338. The van der Waals surface area contributed by atoms with Gasteiger partial charge in [0.15, 0.2) is 5.82 Å². The molecule has 2 rings (SSSR count). The van der Waals surface area contributed by atoms with Crippen molar-refractivity contribution in [2.75, 3.05) is 5.43 Å². The smallest absolute Gasteiger partial charge is 0.156 e. The molecule has 106 valence electrons. The number of anilines is 1. The summed E-state index contributed by atoms with van der Waals surface area (Å²) in [5, 5.41) is 0. The number of nitrogens with zero attached hydrogens (tertiary/aromatic N) is 2. The molecule has 0 spiro atoms. The van der Waals surface area contributed by atoms with Crippen LogP contribution in [0.3, 0.4) is 0 Å². The topological polar surface area (TPSA) is 73.1 Å². The molecular formula is C14H24N4O. The number of rotatable bonds is 4. The van der Waals surface area contributed by atoms with Gasteiger partial charge in [0.2, 0.25) is 0 Å². The number of aromatic nitrogens is 2. The predicted molar refractivity (Wildman–Crippen MR) is 75.3 cm³/mol. The van der Waals surface area contributed by atoms with E-state index in [2.05, 4.69) is 29.2 Å². The lowest BCUT2D eigenvalue weighted by Crippen LogP contribution is -2.26. The van der Waals surface area contributed by atoms with Crippen LogP contribution in [0.5, 0.6) is 0 Å². The van der Waals surface area contributed by atoms with E-state index in [1.807, 2.05) is 13.0 Å². The van der Waals surface area contributed by atoms with Gasteiger partial charge < -0.3 is 10.2 Å². The van der Waals surface area contributed by atoms with Crippen LogP contribution >= 0.6 is 0 Å². The number of ether oxygens (including phenoxy) is 1. The standard InChI is InChI=1S/C14H24N4O/c1-9-4-5-12(6-10(9)2)19-8-14-16-11(3)7-13(17-14)18-15/h7,9-10,12H,4-6,8,15H2,1-3H3,(H,16,17,18). The normalized spacial score (nSPS) is 27.3. The Morgan fingerprint density at radius 3 is 2.79 bits per heavy atom. The Balaban J connectivity index is 1.90. The van der Waals surface area contributed by atoms with Crippen molar-refractivity contribution in [1.82, 2.24) is 9.97 Å². The zero-order valence-corrected chi connectivity index (χ0v) is 12.0. The molecule has 1 aromatic rings. The highest BCUT2D eigenvalue weighted by molar-refractivity contribution is 5.33. The quantitative estimate of drug-likeness (QED) is 0.645. The first-order valence-corrected chi connectivity index (χ1v) is 7.01. The summed E-state index contributed by atoms with van der Waals surface area (Å²) in [6.07, 6.45) is 3.86. The van der Waals surface area contributed by atoms with E-state index in [9.17, 15) is 0 Å². The lowest BCUT2D eigenvalue weighted by atomic mass is 9.80. The van der Waals surface area contributed by atoms with Gasteiger partial charge in [-0.1, -0.05) is 13.8 Å². The molecule has 0 radical (unpaired) electrons. The van der Waals surface area contributed by atoms with Gasteiger partial charge in [-0.3, -0.25) is 0 Å². The molecule has 0 amide bonds. The fourth-order valence-corrected chi connectivity index (χ4v) is 2.61. The van der Waals surface area contributed by atoms with Gasteiger partial charge in [0.25, 0.3) is 0 Å². The minimum Gasteiger partial charge on any atom is -0.370 e. The largest absolute Gasteiger partial charge is 0.370 e. The molecule has 0 saturated heterocycles. The summed E-state index contributed by atoms with van der Waals surface area (Å²) >= 11 is 0. The van der Waals surface area contributed by atoms with Gasteiger partial charge in [0.05, 0.1) is 6.10 Å². The van der Waals surface area contributed by atoms with E-state index in [-0.39, 0.29) is 0 Å². The number of hydrazine groups is 1. The lowest BCUT2D eigenvalue weighted by molar-refractivity contribution is -0.0102. The van der Waals surface area contributed by atoms with E-state index in [4.69, 9.17) is 10.6 Å². The number of nitrogens with one attached hydrogen (secondary N) is 1. The highest BCUT2D eigenvalue weighted by Crippen LogP contribution is 2.31. The van der Waals surface area contributed by atoms with Crippen molar-refractivity contribution in [3.05, 3.63) is 17.6 Å². The Morgan fingerprint density at radius 2 is 2.11 bits per heavy atom. The molecule has 5 nitrogen and oxygen atoms in total. The molecular weight excluding hydrogens is 240 g/mol. The van der Waals surface area contributed by atoms with Gasteiger partial charge in [0, 0.05) is 11.8 Å². The Labute approximate surface area is 114 Å². The summed E-state index contributed by atoms with van der Waals surface area (Å²) in [4.78, 5) is 8.67. The van der Waals surface area contributed by atoms with Crippen LogP contribution in [0.2, 0.25) is 0 Å². The maximum absolute atomic E-state index is 5.95. The second-order valence-electron chi connectivity index (χ2n) is 5.66. The molecule has 1 aliphatic rings. The summed E-state index contributed by atoms with van der Waals surface area (Å²) < 4.78 is 5.95. The maximum Gasteiger partial charge on any atom is 0.156 e. The highest BCUT2D eigenvalue weighted by atomic mass is 16.5. The third-order valence-corrected chi connectivity index (χ3v) is 4.05. The number of hydrogen-bond acceptors (Lipinski definition) is 5. The molecule has 3 atom stereocenters. The van der Waals surface area contributed by atoms with Crippen LogP contribution in [0.15, 0.2) is 6.07 Å². The summed E-state index contributed by atoms with van der Waals surface area (Å²) in [5.41, 5.74) is 3.45. The van der Waals surface area contributed by atoms with Crippen molar-refractivity contribution in [2.24, 2.45) is 17.7 Å². The first-order valence-electron chi connectivity index (χ1n) is 7.01.